The van der Waals surface area contributed by atoms with E-state index in [4.69, 9.17) is 0 Å². The SMILES string of the molecule is C=C/C(C=NC)=C(/C=C)N=C. The maximum atomic E-state index is 3.83. The third-order valence-electron chi connectivity index (χ3n) is 1.15. The second kappa shape index (κ2) is 5.35. The molecule has 0 aromatic heterocycles. The fraction of sp³-hybridized carbons (Fsp3) is 0.111. The van der Waals surface area contributed by atoms with Gasteiger partial charge in [0, 0.05) is 18.8 Å². The second-order valence-electron chi connectivity index (χ2n) is 1.79. The highest BCUT2D eigenvalue weighted by atomic mass is 14.7. The van der Waals surface area contributed by atoms with E-state index < -0.39 is 0 Å². The van der Waals surface area contributed by atoms with Gasteiger partial charge in [0.05, 0.1) is 5.70 Å². The molecule has 0 aliphatic rings. The molecule has 0 aromatic rings. The maximum Gasteiger partial charge on any atom is 0.0703 e. The van der Waals surface area contributed by atoms with Crippen molar-refractivity contribution in [1.82, 2.24) is 0 Å². The van der Waals surface area contributed by atoms with Crippen LogP contribution in [-0.4, -0.2) is 20.0 Å². The van der Waals surface area contributed by atoms with Crippen LogP contribution in [0.5, 0.6) is 0 Å². The molecular weight excluding hydrogens is 136 g/mol. The van der Waals surface area contributed by atoms with Gasteiger partial charge in [0.1, 0.15) is 0 Å². The quantitative estimate of drug-likeness (QED) is 0.430. The first-order chi connectivity index (χ1) is 5.29. The Bertz CT molecular complexity index is 212. The van der Waals surface area contributed by atoms with Crippen LogP contribution < -0.4 is 0 Å². The van der Waals surface area contributed by atoms with Crippen molar-refractivity contribution in [1.29, 1.82) is 0 Å². The van der Waals surface area contributed by atoms with Gasteiger partial charge < -0.3 is 0 Å². The lowest BCUT2D eigenvalue weighted by molar-refractivity contribution is 1.40. The molecule has 0 atom stereocenters. The highest BCUT2D eigenvalue weighted by Crippen LogP contribution is 2.05. The molecule has 0 saturated carbocycles. The number of nitrogens with zero attached hydrogens (tertiary/aromatic N) is 2. The van der Waals surface area contributed by atoms with Crippen molar-refractivity contribution in [2.24, 2.45) is 9.98 Å². The van der Waals surface area contributed by atoms with E-state index in [1.165, 1.54) is 0 Å². The molecule has 0 radical (unpaired) electrons. The van der Waals surface area contributed by atoms with E-state index in [-0.39, 0.29) is 0 Å². The van der Waals surface area contributed by atoms with Crippen molar-refractivity contribution in [3.63, 3.8) is 0 Å². The van der Waals surface area contributed by atoms with Crippen LogP contribution in [0.4, 0.5) is 0 Å². The van der Waals surface area contributed by atoms with Crippen molar-refractivity contribution >= 4 is 12.9 Å². The van der Waals surface area contributed by atoms with Crippen LogP contribution in [0.25, 0.3) is 0 Å². The van der Waals surface area contributed by atoms with Gasteiger partial charge in [-0.3, -0.25) is 9.98 Å². The molecule has 0 aliphatic carbocycles. The van der Waals surface area contributed by atoms with E-state index in [9.17, 15) is 0 Å². The average Bonchev–Trinajstić information content (AvgIpc) is 2.05. The number of allylic oxidation sites excluding steroid dienone is 3. The largest absolute Gasteiger partial charge is 0.296 e. The van der Waals surface area contributed by atoms with E-state index >= 15 is 0 Å². The van der Waals surface area contributed by atoms with Crippen molar-refractivity contribution in [3.05, 3.63) is 36.6 Å². The Morgan fingerprint density at radius 2 is 1.91 bits per heavy atom. The zero-order valence-corrected chi connectivity index (χ0v) is 6.75. The minimum atomic E-state index is 0.700. The third kappa shape index (κ3) is 2.76. The van der Waals surface area contributed by atoms with Crippen LogP contribution >= 0.6 is 0 Å². The highest BCUT2D eigenvalue weighted by molar-refractivity contribution is 5.84. The second-order valence-corrected chi connectivity index (χ2v) is 1.79. The van der Waals surface area contributed by atoms with Crippen molar-refractivity contribution in [3.8, 4) is 0 Å². The third-order valence-corrected chi connectivity index (χ3v) is 1.15. The van der Waals surface area contributed by atoms with E-state index in [1.54, 1.807) is 25.4 Å². The molecule has 0 bridgehead atoms. The van der Waals surface area contributed by atoms with Crippen LogP contribution in [0, 0.1) is 0 Å². The first-order valence-corrected chi connectivity index (χ1v) is 3.18. The van der Waals surface area contributed by atoms with Gasteiger partial charge in [0.15, 0.2) is 0 Å². The van der Waals surface area contributed by atoms with Crippen LogP contribution in [0.2, 0.25) is 0 Å². The lowest BCUT2D eigenvalue weighted by Crippen LogP contribution is -1.84. The minimum Gasteiger partial charge on any atom is -0.296 e. The van der Waals surface area contributed by atoms with E-state index in [1.807, 2.05) is 0 Å². The first-order valence-electron chi connectivity index (χ1n) is 3.18. The molecule has 2 heteroatoms. The van der Waals surface area contributed by atoms with Crippen LogP contribution in [-0.2, 0) is 0 Å². The molecule has 0 N–H and O–H groups in total. The van der Waals surface area contributed by atoms with Gasteiger partial charge >= 0.3 is 0 Å². The summed E-state index contributed by atoms with van der Waals surface area (Å²) < 4.78 is 0. The minimum absolute atomic E-state index is 0.700. The molecule has 0 spiro atoms. The molecule has 0 heterocycles. The molecular formula is C9H12N2. The molecule has 58 valence electrons. The summed E-state index contributed by atoms with van der Waals surface area (Å²) in [7, 11) is 1.69. The fourth-order valence-corrected chi connectivity index (χ4v) is 0.636. The van der Waals surface area contributed by atoms with Crippen LogP contribution in [0.3, 0.4) is 0 Å². The zero-order valence-electron chi connectivity index (χ0n) is 6.75. The smallest absolute Gasteiger partial charge is 0.0703 e. The van der Waals surface area contributed by atoms with Gasteiger partial charge in [0.25, 0.3) is 0 Å². The summed E-state index contributed by atoms with van der Waals surface area (Å²) in [6, 6.07) is 0. The maximum absolute atomic E-state index is 3.83. The molecule has 0 unspecified atom stereocenters. The Kier molecular flexibility index (Phi) is 4.65. The molecule has 0 fully saturated rings. The summed E-state index contributed by atoms with van der Waals surface area (Å²) >= 11 is 0. The predicted molar refractivity (Wildman–Crippen MR) is 51.4 cm³/mol. The van der Waals surface area contributed by atoms with E-state index in [0.717, 1.165) is 5.57 Å². The summed E-state index contributed by atoms with van der Waals surface area (Å²) in [5.41, 5.74) is 1.53. The van der Waals surface area contributed by atoms with E-state index in [2.05, 4.69) is 29.9 Å². The van der Waals surface area contributed by atoms with Crippen molar-refractivity contribution in [2.75, 3.05) is 7.05 Å². The van der Waals surface area contributed by atoms with Gasteiger partial charge in [0.2, 0.25) is 0 Å². The van der Waals surface area contributed by atoms with Crippen LogP contribution in [0.15, 0.2) is 46.6 Å². The summed E-state index contributed by atoms with van der Waals surface area (Å²) in [6.45, 7) is 10.6. The fourth-order valence-electron chi connectivity index (χ4n) is 0.636. The monoisotopic (exact) mass is 148 g/mol. The number of rotatable bonds is 4. The van der Waals surface area contributed by atoms with Crippen molar-refractivity contribution < 1.29 is 0 Å². The summed E-state index contributed by atoms with van der Waals surface area (Å²) in [4.78, 5) is 7.58. The van der Waals surface area contributed by atoms with Gasteiger partial charge in [-0.2, -0.15) is 0 Å². The van der Waals surface area contributed by atoms with Gasteiger partial charge in [-0.25, -0.2) is 0 Å². The summed E-state index contributed by atoms with van der Waals surface area (Å²) in [5, 5.41) is 0. The molecule has 2 nitrogen and oxygen atoms in total. The topological polar surface area (TPSA) is 24.7 Å². The Labute approximate surface area is 67.4 Å². The normalized spacial score (nSPS) is 12.5. The first kappa shape index (κ1) is 9.56. The summed E-state index contributed by atoms with van der Waals surface area (Å²) in [5.74, 6) is 0. The van der Waals surface area contributed by atoms with E-state index in [0.29, 0.717) is 5.70 Å². The summed E-state index contributed by atoms with van der Waals surface area (Å²) in [6.07, 6.45) is 4.95. The van der Waals surface area contributed by atoms with Crippen molar-refractivity contribution in [2.45, 2.75) is 0 Å². The van der Waals surface area contributed by atoms with Gasteiger partial charge in [-0.1, -0.05) is 19.2 Å². The molecule has 0 aliphatic heterocycles. The number of hydrogen-bond acceptors (Lipinski definition) is 2. The molecule has 0 rings (SSSR count). The number of hydrogen-bond donors (Lipinski definition) is 0. The van der Waals surface area contributed by atoms with Gasteiger partial charge in [-0.05, 0) is 12.8 Å². The van der Waals surface area contributed by atoms with Crippen LogP contribution in [0.1, 0.15) is 0 Å². The molecule has 0 aromatic carbocycles. The standard InChI is InChI=1S/C9H12N2/c1-5-8(7-10-3)9(6-2)11-4/h5-7H,1-2,4H2,3H3/b9-8+,10-7?. The molecule has 0 saturated heterocycles. The Morgan fingerprint density at radius 1 is 1.27 bits per heavy atom. The predicted octanol–water partition coefficient (Wildman–Crippen LogP) is 2.01. The lowest BCUT2D eigenvalue weighted by atomic mass is 10.2. The lowest BCUT2D eigenvalue weighted by Gasteiger charge is -1.95. The highest BCUT2D eigenvalue weighted by Gasteiger charge is 1.92. The number of aliphatic imine (C=N–C) groups is 2. The molecule has 0 amide bonds. The molecule has 11 heavy (non-hydrogen) atoms. The Balaban J connectivity index is 4.90. The Hall–Kier alpha value is -1.44. The zero-order chi connectivity index (χ0) is 8.69. The Morgan fingerprint density at radius 3 is 2.18 bits per heavy atom. The van der Waals surface area contributed by atoms with Gasteiger partial charge in [-0.15, -0.1) is 0 Å². The average molecular weight is 148 g/mol.